The standard InChI is InChI=1S/C15H20N2O2S2/c1-10-9-15(12(3)20-10)11(2)17-13-5-7-14(8-6-13)21(18,19)16-4/h5-9,11,16-17H,1-4H3. The molecule has 1 unspecified atom stereocenters. The highest BCUT2D eigenvalue weighted by Crippen LogP contribution is 2.28. The minimum Gasteiger partial charge on any atom is -0.378 e. The van der Waals surface area contributed by atoms with Gasteiger partial charge in [-0.25, -0.2) is 13.1 Å². The van der Waals surface area contributed by atoms with Crippen LogP contribution < -0.4 is 10.0 Å². The Morgan fingerprint density at radius 1 is 1.14 bits per heavy atom. The maximum atomic E-state index is 11.7. The van der Waals surface area contributed by atoms with Crippen molar-refractivity contribution in [2.75, 3.05) is 12.4 Å². The Morgan fingerprint density at radius 3 is 2.24 bits per heavy atom. The number of hydrogen-bond acceptors (Lipinski definition) is 4. The number of nitrogens with one attached hydrogen (secondary N) is 2. The Labute approximate surface area is 130 Å². The van der Waals surface area contributed by atoms with Gasteiger partial charge >= 0.3 is 0 Å². The highest BCUT2D eigenvalue weighted by Gasteiger charge is 2.13. The van der Waals surface area contributed by atoms with Gasteiger partial charge in [-0.05, 0) is 63.7 Å². The molecule has 2 N–H and O–H groups in total. The molecular weight excluding hydrogens is 304 g/mol. The third-order valence-electron chi connectivity index (χ3n) is 3.36. The summed E-state index contributed by atoms with van der Waals surface area (Å²) in [7, 11) is -1.97. The van der Waals surface area contributed by atoms with E-state index in [1.54, 1.807) is 35.6 Å². The molecule has 0 aliphatic carbocycles. The SMILES string of the molecule is CNS(=O)(=O)c1ccc(NC(C)c2cc(C)sc2C)cc1. The Balaban J connectivity index is 2.15. The molecule has 0 bridgehead atoms. The lowest BCUT2D eigenvalue weighted by Crippen LogP contribution is -2.18. The third-order valence-corrected chi connectivity index (χ3v) is 5.77. The summed E-state index contributed by atoms with van der Waals surface area (Å²) in [5.74, 6) is 0. The van der Waals surface area contributed by atoms with Crippen LogP contribution in [0.4, 0.5) is 5.69 Å². The molecular formula is C15H20N2O2S2. The van der Waals surface area contributed by atoms with E-state index in [4.69, 9.17) is 0 Å². The molecule has 0 saturated heterocycles. The molecule has 0 amide bonds. The molecule has 1 aromatic heterocycles. The first-order valence-corrected chi connectivity index (χ1v) is 9.00. The van der Waals surface area contributed by atoms with Crippen molar-refractivity contribution in [1.29, 1.82) is 0 Å². The monoisotopic (exact) mass is 324 g/mol. The Hall–Kier alpha value is -1.37. The van der Waals surface area contributed by atoms with Gasteiger partial charge in [-0.1, -0.05) is 0 Å². The van der Waals surface area contributed by atoms with Crippen LogP contribution in [0.3, 0.4) is 0 Å². The summed E-state index contributed by atoms with van der Waals surface area (Å²) in [6.07, 6.45) is 0. The molecule has 0 aliphatic rings. The molecule has 21 heavy (non-hydrogen) atoms. The van der Waals surface area contributed by atoms with Gasteiger partial charge in [0.1, 0.15) is 0 Å². The number of sulfonamides is 1. The van der Waals surface area contributed by atoms with Crippen molar-refractivity contribution in [3.05, 3.63) is 45.6 Å². The lowest BCUT2D eigenvalue weighted by Gasteiger charge is -2.15. The highest BCUT2D eigenvalue weighted by atomic mass is 32.2. The van der Waals surface area contributed by atoms with Crippen LogP contribution in [0.1, 0.15) is 28.3 Å². The van der Waals surface area contributed by atoms with E-state index < -0.39 is 10.0 Å². The molecule has 2 rings (SSSR count). The fourth-order valence-electron chi connectivity index (χ4n) is 2.26. The molecule has 4 nitrogen and oxygen atoms in total. The smallest absolute Gasteiger partial charge is 0.240 e. The van der Waals surface area contributed by atoms with Crippen molar-refractivity contribution in [2.24, 2.45) is 0 Å². The summed E-state index contributed by atoms with van der Waals surface area (Å²) in [5.41, 5.74) is 2.19. The largest absolute Gasteiger partial charge is 0.378 e. The molecule has 1 aromatic carbocycles. The Kier molecular flexibility index (Phi) is 4.70. The summed E-state index contributed by atoms with van der Waals surface area (Å²) in [4.78, 5) is 2.87. The Bertz CT molecular complexity index is 719. The third kappa shape index (κ3) is 3.64. The average molecular weight is 324 g/mol. The van der Waals surface area contributed by atoms with Gasteiger partial charge in [-0.15, -0.1) is 11.3 Å². The normalized spacial score (nSPS) is 13.1. The Morgan fingerprint density at radius 2 is 1.76 bits per heavy atom. The van der Waals surface area contributed by atoms with E-state index >= 15 is 0 Å². The van der Waals surface area contributed by atoms with Gasteiger partial charge < -0.3 is 5.32 Å². The summed E-state index contributed by atoms with van der Waals surface area (Å²) in [6, 6.07) is 9.16. The molecule has 1 atom stereocenters. The van der Waals surface area contributed by atoms with E-state index in [-0.39, 0.29) is 10.9 Å². The van der Waals surface area contributed by atoms with Gasteiger partial charge in [0, 0.05) is 21.5 Å². The lowest BCUT2D eigenvalue weighted by molar-refractivity contribution is 0.588. The molecule has 114 valence electrons. The van der Waals surface area contributed by atoms with Crippen LogP contribution in [0.25, 0.3) is 0 Å². The van der Waals surface area contributed by atoms with E-state index in [0.717, 1.165) is 5.69 Å². The first kappa shape index (κ1) is 16.0. The van der Waals surface area contributed by atoms with Crippen molar-refractivity contribution in [2.45, 2.75) is 31.7 Å². The van der Waals surface area contributed by atoms with Crippen LogP contribution in [0.2, 0.25) is 0 Å². The predicted molar refractivity (Wildman–Crippen MR) is 88.5 cm³/mol. The molecule has 0 radical (unpaired) electrons. The van der Waals surface area contributed by atoms with Crippen LogP contribution in [-0.4, -0.2) is 15.5 Å². The first-order valence-electron chi connectivity index (χ1n) is 6.70. The second-order valence-corrected chi connectivity index (χ2v) is 8.31. The van der Waals surface area contributed by atoms with E-state index in [1.165, 1.54) is 22.4 Å². The van der Waals surface area contributed by atoms with Gasteiger partial charge in [-0.2, -0.15) is 0 Å². The number of aryl methyl sites for hydroxylation is 2. The maximum Gasteiger partial charge on any atom is 0.240 e. The predicted octanol–water partition coefficient (Wildman–Crippen LogP) is 3.45. The van der Waals surface area contributed by atoms with Gasteiger partial charge in [0.15, 0.2) is 0 Å². The molecule has 0 spiro atoms. The van der Waals surface area contributed by atoms with E-state index in [0.29, 0.717) is 0 Å². The molecule has 0 aliphatic heterocycles. The first-order chi connectivity index (χ1) is 9.83. The summed E-state index contributed by atoms with van der Waals surface area (Å²) in [6.45, 7) is 6.33. The molecule has 0 saturated carbocycles. The number of rotatable bonds is 5. The number of anilines is 1. The zero-order chi connectivity index (χ0) is 15.6. The van der Waals surface area contributed by atoms with E-state index in [9.17, 15) is 8.42 Å². The van der Waals surface area contributed by atoms with E-state index in [2.05, 4.69) is 36.9 Å². The number of benzene rings is 1. The quantitative estimate of drug-likeness (QED) is 0.885. The van der Waals surface area contributed by atoms with Gasteiger partial charge in [0.05, 0.1) is 4.90 Å². The van der Waals surface area contributed by atoms with Crippen molar-refractivity contribution in [3.8, 4) is 0 Å². The van der Waals surface area contributed by atoms with Crippen LogP contribution in [0.15, 0.2) is 35.2 Å². The topological polar surface area (TPSA) is 58.2 Å². The number of hydrogen-bond donors (Lipinski definition) is 2. The lowest BCUT2D eigenvalue weighted by atomic mass is 10.1. The van der Waals surface area contributed by atoms with Crippen LogP contribution in [0.5, 0.6) is 0 Å². The fraction of sp³-hybridized carbons (Fsp3) is 0.333. The number of thiophene rings is 1. The average Bonchev–Trinajstić information content (AvgIpc) is 2.78. The molecule has 6 heteroatoms. The van der Waals surface area contributed by atoms with Gasteiger partial charge in [0.2, 0.25) is 10.0 Å². The van der Waals surface area contributed by atoms with Crippen LogP contribution >= 0.6 is 11.3 Å². The molecule has 2 aromatic rings. The molecule has 1 heterocycles. The van der Waals surface area contributed by atoms with Crippen LogP contribution in [0, 0.1) is 13.8 Å². The van der Waals surface area contributed by atoms with Crippen molar-refractivity contribution >= 4 is 27.0 Å². The van der Waals surface area contributed by atoms with E-state index in [1.807, 2.05) is 0 Å². The van der Waals surface area contributed by atoms with Gasteiger partial charge in [0.25, 0.3) is 0 Å². The summed E-state index contributed by atoms with van der Waals surface area (Å²) < 4.78 is 25.7. The second-order valence-electron chi connectivity index (χ2n) is 4.97. The zero-order valence-corrected chi connectivity index (χ0v) is 14.2. The fourth-order valence-corrected chi connectivity index (χ4v) is 4.01. The zero-order valence-electron chi connectivity index (χ0n) is 12.6. The summed E-state index contributed by atoms with van der Waals surface area (Å²) in [5, 5.41) is 3.40. The molecule has 0 fully saturated rings. The van der Waals surface area contributed by atoms with Crippen molar-refractivity contribution in [1.82, 2.24) is 4.72 Å². The second kappa shape index (κ2) is 6.17. The highest BCUT2D eigenvalue weighted by molar-refractivity contribution is 7.89. The van der Waals surface area contributed by atoms with Crippen molar-refractivity contribution in [3.63, 3.8) is 0 Å². The van der Waals surface area contributed by atoms with Gasteiger partial charge in [-0.3, -0.25) is 0 Å². The maximum absolute atomic E-state index is 11.7. The van der Waals surface area contributed by atoms with Crippen molar-refractivity contribution < 1.29 is 8.42 Å². The minimum absolute atomic E-state index is 0.182. The minimum atomic E-state index is -3.38. The summed E-state index contributed by atoms with van der Waals surface area (Å²) >= 11 is 1.79. The van der Waals surface area contributed by atoms with Crippen LogP contribution in [-0.2, 0) is 10.0 Å².